The van der Waals surface area contributed by atoms with Crippen molar-refractivity contribution in [1.29, 1.82) is 0 Å². The number of amides is 4. The zero-order valence-corrected chi connectivity index (χ0v) is 39.1. The Bertz CT molecular complexity index is 3040. The minimum absolute atomic E-state index is 0.0111. The number of anilines is 3. The van der Waals surface area contributed by atoms with Gasteiger partial charge in [-0.2, -0.15) is 10.2 Å². The molecule has 0 aliphatic carbocycles. The van der Waals surface area contributed by atoms with Crippen molar-refractivity contribution in [2.45, 2.75) is 60.3 Å². The number of nitrogens with two attached hydrogens (primary N) is 3. The van der Waals surface area contributed by atoms with Crippen LogP contribution in [0.1, 0.15) is 64.1 Å². The molecule has 23 heteroatoms. The number of aliphatic imine (C=N–C) groups is 1. The van der Waals surface area contributed by atoms with Crippen LogP contribution in [-0.2, 0) is 35.8 Å². The molecule has 4 amide bonds. The number of fused-ring (bicyclic) bond motifs is 2. The van der Waals surface area contributed by atoms with Gasteiger partial charge >= 0.3 is 5.97 Å². The number of carbonyl (C=O) groups is 5. The third kappa shape index (κ3) is 12.0. The van der Waals surface area contributed by atoms with Crippen LogP contribution in [-0.4, -0.2) is 113 Å². The van der Waals surface area contributed by atoms with Crippen molar-refractivity contribution < 1.29 is 38.6 Å². The Balaban J connectivity index is 1.36. The van der Waals surface area contributed by atoms with Crippen LogP contribution in [0.4, 0.5) is 17.6 Å². The molecule has 0 spiro atoms. The molecule has 0 aliphatic heterocycles. The number of benzene rings is 2. The number of ether oxygens (including phenoxy) is 2. The number of hydrogen-bond acceptors (Lipinski definition) is 14. The van der Waals surface area contributed by atoms with Gasteiger partial charge in [-0.15, -0.1) is 0 Å². The maximum absolute atomic E-state index is 13.9. The lowest BCUT2D eigenvalue weighted by atomic mass is 10.1. The van der Waals surface area contributed by atoms with Gasteiger partial charge in [0.05, 0.1) is 48.7 Å². The van der Waals surface area contributed by atoms with Crippen LogP contribution in [0.25, 0.3) is 22.1 Å². The minimum Gasteiger partial charge on any atom is -0.494 e. The molecule has 0 fully saturated rings. The first-order valence-corrected chi connectivity index (χ1v) is 21.8. The average Bonchev–Trinajstić information content (AvgIpc) is 4.10. The van der Waals surface area contributed by atoms with Gasteiger partial charge in [0.15, 0.2) is 0 Å². The largest absolute Gasteiger partial charge is 0.494 e. The number of nitrogens with one attached hydrogen (secondary N) is 2. The topological polar surface area (TPSA) is 313 Å². The standard InChI is InChI=1S/C46H55N15O8/c1-7-50-34(19-27(3)47)43(66)54-45-52-32-21-29(41(48)64)23-36(68-6)39(32)59(45)15-9-10-16-60-40-33(53-46(60)55-44(67)35-20-28(4)56-61(35)8-2)22-30(42(49)65)24-37(40)69-18-12-11-14-58-26-31(25-51-58)57(5)17-13-38(62)63/h9-12,19-26H,7-8,13-18,47H2,1-6H3,(H2,48,64)(H2,49,65)(H,62,63)(H,52,54,66)(H,53,55,67)/b10-9+,12-11+,27-19-,50-34?. The van der Waals surface area contributed by atoms with E-state index in [1.807, 2.05) is 13.0 Å². The summed E-state index contributed by atoms with van der Waals surface area (Å²) < 4.78 is 18.6. The Morgan fingerprint density at radius 3 is 2.04 bits per heavy atom. The molecule has 0 unspecified atom stereocenters. The number of hydrogen-bond donors (Lipinski definition) is 6. The fourth-order valence-electron chi connectivity index (χ4n) is 7.22. The smallest absolute Gasteiger partial charge is 0.305 e. The molecule has 9 N–H and O–H groups in total. The monoisotopic (exact) mass is 945 g/mol. The van der Waals surface area contributed by atoms with Crippen LogP contribution in [0.15, 0.2) is 83.8 Å². The molecule has 6 aromatic rings. The van der Waals surface area contributed by atoms with E-state index in [9.17, 15) is 24.0 Å². The number of aliphatic carboxylic acids is 1. The first kappa shape index (κ1) is 49.7. The second-order valence-electron chi connectivity index (χ2n) is 15.6. The number of carbonyl (C=O) groups excluding carboxylic acids is 4. The minimum atomic E-state index is -0.891. The maximum atomic E-state index is 13.9. The van der Waals surface area contributed by atoms with Crippen LogP contribution in [0.3, 0.4) is 0 Å². The summed E-state index contributed by atoms with van der Waals surface area (Å²) in [5.41, 5.74) is 21.2. The Kier molecular flexibility index (Phi) is 15.9. The quantitative estimate of drug-likeness (QED) is 0.0395. The van der Waals surface area contributed by atoms with Gasteiger partial charge in [-0.05, 0) is 70.2 Å². The van der Waals surface area contributed by atoms with Crippen molar-refractivity contribution in [2.24, 2.45) is 22.2 Å². The zero-order chi connectivity index (χ0) is 49.9. The molecule has 362 valence electrons. The van der Waals surface area contributed by atoms with Crippen LogP contribution in [0.2, 0.25) is 0 Å². The van der Waals surface area contributed by atoms with E-state index in [0.717, 1.165) is 5.69 Å². The van der Waals surface area contributed by atoms with Crippen molar-refractivity contribution in [3.63, 3.8) is 0 Å². The van der Waals surface area contributed by atoms with Crippen molar-refractivity contribution in [1.82, 2.24) is 38.7 Å². The second-order valence-corrected chi connectivity index (χ2v) is 15.6. The number of rotatable bonds is 23. The van der Waals surface area contributed by atoms with E-state index >= 15 is 0 Å². The summed E-state index contributed by atoms with van der Waals surface area (Å²) in [5, 5.41) is 23.6. The summed E-state index contributed by atoms with van der Waals surface area (Å²) in [7, 11) is 3.22. The molecule has 0 atom stereocenters. The molecular weight excluding hydrogens is 891 g/mol. The third-order valence-corrected chi connectivity index (χ3v) is 10.5. The van der Waals surface area contributed by atoms with Gasteiger partial charge in [0, 0.05) is 62.8 Å². The fourth-order valence-corrected chi connectivity index (χ4v) is 7.22. The van der Waals surface area contributed by atoms with Gasteiger partial charge < -0.3 is 45.8 Å². The second kappa shape index (κ2) is 22.2. The number of allylic oxidation sites excluding steroid dienone is 4. The summed E-state index contributed by atoms with van der Waals surface area (Å²) in [6, 6.07) is 7.66. The highest BCUT2D eigenvalue weighted by Crippen LogP contribution is 2.33. The van der Waals surface area contributed by atoms with Gasteiger partial charge in [-0.25, -0.2) is 9.97 Å². The predicted molar refractivity (Wildman–Crippen MR) is 260 cm³/mol. The van der Waals surface area contributed by atoms with Gasteiger partial charge in [-0.1, -0.05) is 18.2 Å². The van der Waals surface area contributed by atoms with E-state index in [4.69, 9.17) is 36.8 Å². The van der Waals surface area contributed by atoms with Crippen molar-refractivity contribution in [2.75, 3.05) is 49.4 Å². The molecule has 4 aromatic heterocycles. The van der Waals surface area contributed by atoms with Gasteiger partial charge in [-0.3, -0.25) is 49.0 Å². The van der Waals surface area contributed by atoms with Gasteiger partial charge in [0.1, 0.15) is 40.5 Å². The molecule has 0 bridgehead atoms. The van der Waals surface area contributed by atoms with E-state index in [0.29, 0.717) is 65.3 Å². The molecule has 0 saturated carbocycles. The number of imidazole rings is 2. The maximum Gasteiger partial charge on any atom is 0.305 e. The van der Waals surface area contributed by atoms with Crippen molar-refractivity contribution >= 4 is 75.0 Å². The van der Waals surface area contributed by atoms with Gasteiger partial charge in [0.2, 0.25) is 23.7 Å². The number of primary amides is 2. The Hall–Kier alpha value is -8.76. The Morgan fingerprint density at radius 1 is 0.855 bits per heavy atom. The van der Waals surface area contributed by atoms with Crippen molar-refractivity contribution in [3.05, 3.63) is 101 Å². The van der Waals surface area contributed by atoms with Gasteiger partial charge in [0.25, 0.3) is 11.8 Å². The highest BCUT2D eigenvalue weighted by Gasteiger charge is 2.23. The Labute approximate surface area is 395 Å². The highest BCUT2D eigenvalue weighted by atomic mass is 16.5. The summed E-state index contributed by atoms with van der Waals surface area (Å²) in [5.74, 6) is -2.63. The van der Waals surface area contributed by atoms with E-state index in [2.05, 4.69) is 30.8 Å². The summed E-state index contributed by atoms with van der Waals surface area (Å²) in [6.45, 7) is 8.76. The van der Waals surface area contributed by atoms with Crippen molar-refractivity contribution in [3.8, 4) is 11.5 Å². The molecule has 0 saturated heterocycles. The number of aromatic nitrogens is 8. The molecule has 4 heterocycles. The molecular formula is C46H55N15O8. The molecule has 0 radical (unpaired) electrons. The molecule has 69 heavy (non-hydrogen) atoms. The molecule has 6 rings (SSSR count). The lowest BCUT2D eigenvalue weighted by molar-refractivity contribution is -0.136. The van der Waals surface area contributed by atoms with E-state index in [-0.39, 0.29) is 66.4 Å². The predicted octanol–water partition coefficient (Wildman–Crippen LogP) is 3.63. The number of nitrogens with zero attached hydrogens (tertiary/aromatic N) is 10. The third-order valence-electron chi connectivity index (χ3n) is 10.5. The molecule has 0 aliphatic rings. The highest BCUT2D eigenvalue weighted by molar-refractivity contribution is 6.47. The van der Waals surface area contributed by atoms with E-state index < -0.39 is 29.6 Å². The van der Waals surface area contributed by atoms with E-state index in [1.165, 1.54) is 37.5 Å². The number of carboxylic acid groups (broad SMARTS) is 1. The lowest BCUT2D eigenvalue weighted by Crippen LogP contribution is -2.24. The fraction of sp³-hybridized carbons (Fsp3) is 0.304. The summed E-state index contributed by atoms with van der Waals surface area (Å²) in [6.07, 6.45) is 12.1. The van der Waals surface area contributed by atoms with Crippen LogP contribution >= 0.6 is 0 Å². The number of carboxylic acids is 1. The molecule has 2 aromatic carbocycles. The summed E-state index contributed by atoms with van der Waals surface area (Å²) >= 11 is 0. The van der Waals surface area contributed by atoms with Crippen LogP contribution in [0, 0.1) is 6.92 Å². The Morgan fingerprint density at radius 2 is 1.46 bits per heavy atom. The first-order valence-electron chi connectivity index (χ1n) is 21.8. The SMILES string of the molecule is CCN=C(/C=C(/C)N)C(=O)Nc1nc2cc(C(N)=O)cc(OC)c2n1C/C=C/Cn1c(NC(=O)c2cc(C)nn2CC)nc2cc(C(N)=O)cc(OC/C=C/Cn3cc(N(C)CCC(=O)O)cn3)c21. The van der Waals surface area contributed by atoms with Crippen LogP contribution < -0.4 is 42.2 Å². The number of aryl methyl sites for hydroxylation is 2. The zero-order valence-electron chi connectivity index (χ0n) is 39.1. The van der Waals surface area contributed by atoms with E-state index in [1.54, 1.807) is 87.9 Å². The average molecular weight is 946 g/mol. The summed E-state index contributed by atoms with van der Waals surface area (Å²) in [4.78, 5) is 78.8. The molecule has 23 nitrogen and oxygen atoms in total. The van der Waals surface area contributed by atoms with Crippen LogP contribution in [0.5, 0.6) is 11.5 Å². The first-order chi connectivity index (χ1) is 33.0. The number of methoxy groups -OCH3 is 1. The normalized spacial score (nSPS) is 12.1. The lowest BCUT2D eigenvalue weighted by Gasteiger charge is -2.14.